The van der Waals surface area contributed by atoms with Crippen molar-refractivity contribution in [3.63, 3.8) is 0 Å². The van der Waals surface area contributed by atoms with E-state index in [0.29, 0.717) is 12.1 Å². The standard InChI is InChI=1S/C16H22N2O2/c1-5-15(17-11-19)9-7-13(3)14(4)8-10-16(6-2)18-12-20/h7-9,16H,5-6,10H2,1-4H3/b13-7+,14-8+,15-9+. The van der Waals surface area contributed by atoms with Crippen molar-refractivity contribution in [2.45, 2.75) is 53.0 Å². The molecule has 0 saturated carbocycles. The van der Waals surface area contributed by atoms with Gasteiger partial charge in [-0.3, -0.25) is 0 Å². The SMILES string of the molecule is CC\C(=C/C=C(C)/C(C)=C/CC(CC)N=C=O)N=C=O. The highest BCUT2D eigenvalue weighted by Gasteiger charge is 2.02. The number of rotatable bonds is 8. The van der Waals surface area contributed by atoms with E-state index >= 15 is 0 Å². The zero-order valence-corrected chi connectivity index (χ0v) is 12.6. The molecule has 20 heavy (non-hydrogen) atoms. The van der Waals surface area contributed by atoms with Crippen LogP contribution in [0.5, 0.6) is 0 Å². The summed E-state index contributed by atoms with van der Waals surface area (Å²) in [6, 6.07) is -0.00309. The smallest absolute Gasteiger partial charge is 0.211 e. The van der Waals surface area contributed by atoms with Crippen molar-refractivity contribution in [3.8, 4) is 0 Å². The van der Waals surface area contributed by atoms with Gasteiger partial charge < -0.3 is 0 Å². The zero-order valence-electron chi connectivity index (χ0n) is 12.6. The van der Waals surface area contributed by atoms with Crippen LogP contribution in [0, 0.1) is 0 Å². The fourth-order valence-corrected chi connectivity index (χ4v) is 1.50. The summed E-state index contributed by atoms with van der Waals surface area (Å²) in [7, 11) is 0. The average molecular weight is 274 g/mol. The highest BCUT2D eigenvalue weighted by Crippen LogP contribution is 2.13. The maximum Gasteiger partial charge on any atom is 0.240 e. The molecule has 1 atom stereocenters. The number of isocyanates is 2. The first-order chi connectivity index (χ1) is 9.58. The van der Waals surface area contributed by atoms with Gasteiger partial charge in [-0.25, -0.2) is 14.6 Å². The fraction of sp³-hybridized carbons (Fsp3) is 0.500. The summed E-state index contributed by atoms with van der Waals surface area (Å²) in [4.78, 5) is 27.8. The molecule has 4 nitrogen and oxygen atoms in total. The van der Waals surface area contributed by atoms with Crippen LogP contribution in [0.3, 0.4) is 0 Å². The van der Waals surface area contributed by atoms with Crippen LogP contribution >= 0.6 is 0 Å². The van der Waals surface area contributed by atoms with Crippen molar-refractivity contribution in [3.05, 3.63) is 35.1 Å². The molecule has 0 aliphatic carbocycles. The van der Waals surface area contributed by atoms with Crippen LogP contribution in [0.2, 0.25) is 0 Å². The third-order valence-corrected chi connectivity index (χ3v) is 3.10. The van der Waals surface area contributed by atoms with Gasteiger partial charge in [0.1, 0.15) is 0 Å². The van der Waals surface area contributed by atoms with Gasteiger partial charge in [0.15, 0.2) is 0 Å². The van der Waals surface area contributed by atoms with Gasteiger partial charge in [0.2, 0.25) is 12.2 Å². The molecule has 0 aromatic carbocycles. The third-order valence-electron chi connectivity index (χ3n) is 3.10. The molecular formula is C16H22N2O2. The summed E-state index contributed by atoms with van der Waals surface area (Å²) in [5.74, 6) is 0. The Bertz CT molecular complexity index is 489. The molecular weight excluding hydrogens is 252 g/mol. The molecule has 1 unspecified atom stereocenters. The minimum absolute atomic E-state index is 0.00309. The van der Waals surface area contributed by atoms with Crippen LogP contribution in [0.15, 0.2) is 45.1 Å². The Morgan fingerprint density at radius 1 is 1.10 bits per heavy atom. The van der Waals surface area contributed by atoms with Gasteiger partial charge in [-0.1, -0.05) is 31.6 Å². The summed E-state index contributed by atoms with van der Waals surface area (Å²) < 4.78 is 0. The van der Waals surface area contributed by atoms with E-state index in [4.69, 9.17) is 0 Å². The minimum Gasteiger partial charge on any atom is -0.211 e. The van der Waals surface area contributed by atoms with E-state index < -0.39 is 0 Å². The second-order valence-corrected chi connectivity index (χ2v) is 4.47. The molecule has 0 fully saturated rings. The van der Waals surface area contributed by atoms with Crippen LogP contribution in [-0.2, 0) is 9.59 Å². The van der Waals surface area contributed by atoms with E-state index in [-0.39, 0.29) is 6.04 Å². The number of nitrogens with zero attached hydrogens (tertiary/aromatic N) is 2. The van der Waals surface area contributed by atoms with Crippen molar-refractivity contribution in [2.75, 3.05) is 0 Å². The minimum atomic E-state index is -0.00309. The molecule has 0 radical (unpaired) electrons. The molecule has 108 valence electrons. The first-order valence-corrected chi connectivity index (χ1v) is 6.78. The van der Waals surface area contributed by atoms with Gasteiger partial charge in [-0.05, 0) is 44.8 Å². The first kappa shape index (κ1) is 18.0. The summed E-state index contributed by atoms with van der Waals surface area (Å²) in [5, 5.41) is 0. The van der Waals surface area contributed by atoms with Gasteiger partial charge in [-0.2, -0.15) is 4.99 Å². The van der Waals surface area contributed by atoms with Gasteiger partial charge in [-0.15, -0.1) is 0 Å². The molecule has 0 aliphatic rings. The molecule has 0 spiro atoms. The largest absolute Gasteiger partial charge is 0.240 e. The van der Waals surface area contributed by atoms with E-state index in [1.165, 1.54) is 0 Å². The first-order valence-electron chi connectivity index (χ1n) is 6.78. The summed E-state index contributed by atoms with van der Waals surface area (Å²) >= 11 is 0. The Morgan fingerprint density at radius 3 is 2.30 bits per heavy atom. The van der Waals surface area contributed by atoms with Crippen molar-refractivity contribution < 1.29 is 9.59 Å². The van der Waals surface area contributed by atoms with Crippen LogP contribution in [0.1, 0.15) is 47.0 Å². The number of carbonyl (C=O) groups excluding carboxylic acids is 2. The molecule has 0 aliphatic heterocycles. The molecule has 0 heterocycles. The molecule has 0 bridgehead atoms. The lowest BCUT2D eigenvalue weighted by molar-refractivity contribution is 0.553. The van der Waals surface area contributed by atoms with Gasteiger partial charge in [0.25, 0.3) is 0 Å². The van der Waals surface area contributed by atoms with E-state index in [0.717, 1.165) is 24.0 Å². The zero-order chi connectivity index (χ0) is 15.4. The van der Waals surface area contributed by atoms with Crippen LogP contribution in [0.4, 0.5) is 0 Å². The highest BCUT2D eigenvalue weighted by atomic mass is 16.1. The lowest BCUT2D eigenvalue weighted by Gasteiger charge is -2.05. The van der Waals surface area contributed by atoms with Crippen LogP contribution in [-0.4, -0.2) is 18.2 Å². The summed E-state index contributed by atoms with van der Waals surface area (Å²) in [6.45, 7) is 7.92. The van der Waals surface area contributed by atoms with Crippen molar-refractivity contribution in [2.24, 2.45) is 9.98 Å². The molecule has 4 heteroatoms. The Balaban J connectivity index is 4.86. The maximum atomic E-state index is 10.3. The third kappa shape index (κ3) is 7.42. The monoisotopic (exact) mass is 274 g/mol. The fourth-order valence-electron chi connectivity index (χ4n) is 1.50. The van der Waals surface area contributed by atoms with E-state index in [2.05, 4.69) is 16.1 Å². The molecule has 0 aromatic heterocycles. The number of allylic oxidation sites excluding steroid dienone is 5. The normalized spacial score (nSPS) is 14.3. The Kier molecular flexibility index (Phi) is 9.76. The number of hydrogen-bond acceptors (Lipinski definition) is 4. The topological polar surface area (TPSA) is 58.9 Å². The Morgan fingerprint density at radius 2 is 1.80 bits per heavy atom. The number of hydrogen-bond donors (Lipinski definition) is 0. The Hall–Kier alpha value is -2.02. The van der Waals surface area contributed by atoms with Crippen LogP contribution < -0.4 is 0 Å². The second-order valence-electron chi connectivity index (χ2n) is 4.47. The van der Waals surface area contributed by atoms with Crippen molar-refractivity contribution in [1.82, 2.24) is 0 Å². The van der Waals surface area contributed by atoms with E-state index in [1.54, 1.807) is 12.2 Å². The van der Waals surface area contributed by atoms with Crippen molar-refractivity contribution in [1.29, 1.82) is 0 Å². The van der Waals surface area contributed by atoms with E-state index in [9.17, 15) is 9.59 Å². The predicted molar refractivity (Wildman–Crippen MR) is 80.8 cm³/mol. The predicted octanol–water partition coefficient (Wildman–Crippen LogP) is 4.01. The molecule has 0 aromatic rings. The van der Waals surface area contributed by atoms with Crippen LogP contribution in [0.25, 0.3) is 0 Å². The van der Waals surface area contributed by atoms with Gasteiger partial charge in [0.05, 0.1) is 11.7 Å². The average Bonchev–Trinajstić information content (AvgIpc) is 2.46. The summed E-state index contributed by atoms with van der Waals surface area (Å²) in [6.07, 6.45) is 11.2. The molecule has 0 N–H and O–H groups in total. The second kappa shape index (κ2) is 10.9. The maximum absolute atomic E-state index is 10.3. The van der Waals surface area contributed by atoms with E-state index in [1.807, 2.05) is 39.8 Å². The lowest BCUT2D eigenvalue weighted by atomic mass is 10.0. The van der Waals surface area contributed by atoms with Gasteiger partial charge >= 0.3 is 0 Å². The van der Waals surface area contributed by atoms with Gasteiger partial charge in [0, 0.05) is 0 Å². The van der Waals surface area contributed by atoms with Crippen molar-refractivity contribution >= 4 is 12.2 Å². The molecule has 0 rings (SSSR count). The highest BCUT2D eigenvalue weighted by molar-refractivity contribution is 5.38. The molecule has 0 saturated heterocycles. The lowest BCUT2D eigenvalue weighted by Crippen LogP contribution is -2.00. The summed E-state index contributed by atoms with van der Waals surface area (Å²) in [5.41, 5.74) is 2.90. The quantitative estimate of drug-likeness (QED) is 0.381. The molecule has 0 amide bonds. The Labute approximate surface area is 120 Å². The number of aliphatic imine (C=N–C) groups is 2.